The molecule has 0 saturated carbocycles. The largest absolute Gasteiger partial charge is 0.295 e. The zero-order valence-corrected chi connectivity index (χ0v) is 27.5. The van der Waals surface area contributed by atoms with Crippen LogP contribution >= 0.6 is 0 Å². The quantitative estimate of drug-likeness (QED) is 0.247. The number of rotatable bonds is 10. The van der Waals surface area contributed by atoms with Crippen molar-refractivity contribution in [2.24, 2.45) is 16.7 Å². The van der Waals surface area contributed by atoms with E-state index in [9.17, 15) is 4.79 Å². The Balaban J connectivity index is 1.89. The monoisotopic (exact) mass is 550 g/mol. The van der Waals surface area contributed by atoms with Crippen molar-refractivity contribution in [1.82, 2.24) is 0 Å². The first-order valence-corrected chi connectivity index (χ1v) is 15.2. The lowest BCUT2D eigenvalue weighted by molar-refractivity contribution is -0.117. The Labute approximate surface area is 252 Å². The topological polar surface area (TPSA) is 17.1 Å². The van der Waals surface area contributed by atoms with Crippen LogP contribution in [-0.4, -0.2) is 5.78 Å². The third-order valence-corrected chi connectivity index (χ3v) is 8.22. The summed E-state index contributed by atoms with van der Waals surface area (Å²) in [5.41, 5.74) is 9.31. The van der Waals surface area contributed by atoms with E-state index in [0.29, 0.717) is 12.3 Å². The van der Waals surface area contributed by atoms with Gasteiger partial charge in [0.05, 0.1) is 0 Å². The summed E-state index contributed by atoms with van der Waals surface area (Å²) in [7, 11) is 0. The van der Waals surface area contributed by atoms with Crippen LogP contribution < -0.4 is 0 Å². The van der Waals surface area contributed by atoms with Crippen LogP contribution in [0.5, 0.6) is 0 Å². The highest BCUT2D eigenvalue weighted by Gasteiger charge is 2.34. The average Bonchev–Trinajstić information content (AvgIpc) is 2.84. The number of hydrogen-bond donors (Lipinski definition) is 0. The number of ketones is 1. The van der Waals surface area contributed by atoms with Gasteiger partial charge in [-0.25, -0.2) is 0 Å². The third-order valence-electron chi connectivity index (χ3n) is 8.22. The summed E-state index contributed by atoms with van der Waals surface area (Å²) in [5, 5.41) is 0. The smallest absolute Gasteiger partial charge is 0.156 e. The van der Waals surface area contributed by atoms with Crippen molar-refractivity contribution < 1.29 is 4.79 Å². The van der Waals surface area contributed by atoms with Gasteiger partial charge in [-0.2, -0.15) is 0 Å². The Morgan fingerprint density at radius 3 is 1.80 bits per heavy atom. The van der Waals surface area contributed by atoms with Crippen molar-refractivity contribution in [2.75, 3.05) is 0 Å². The molecule has 0 radical (unpaired) electrons. The second-order valence-electron chi connectivity index (χ2n) is 13.4. The van der Waals surface area contributed by atoms with Crippen LogP contribution in [0.3, 0.4) is 0 Å². The molecule has 1 heteroatoms. The molecular formula is C40H54O. The fourth-order valence-electron chi connectivity index (χ4n) is 5.80. The summed E-state index contributed by atoms with van der Waals surface area (Å²) in [6.07, 6.45) is 36.5. The van der Waals surface area contributed by atoms with Gasteiger partial charge in [0.2, 0.25) is 0 Å². The Morgan fingerprint density at radius 2 is 1.27 bits per heavy atom. The van der Waals surface area contributed by atoms with E-state index in [-0.39, 0.29) is 16.6 Å². The van der Waals surface area contributed by atoms with Crippen molar-refractivity contribution in [3.05, 3.63) is 130 Å². The van der Waals surface area contributed by atoms with Gasteiger partial charge in [0.15, 0.2) is 5.78 Å². The van der Waals surface area contributed by atoms with Gasteiger partial charge in [-0.3, -0.25) is 4.79 Å². The first-order chi connectivity index (χ1) is 19.2. The van der Waals surface area contributed by atoms with Gasteiger partial charge in [-0.1, -0.05) is 146 Å². The summed E-state index contributed by atoms with van der Waals surface area (Å²) in [6.45, 7) is 22.0. The molecule has 0 bridgehead atoms. The van der Waals surface area contributed by atoms with E-state index in [0.717, 1.165) is 5.57 Å². The Kier molecular flexibility index (Phi) is 13.0. The number of carbonyl (C=O) groups excluding carboxylic acids is 1. The van der Waals surface area contributed by atoms with Crippen LogP contribution in [0.2, 0.25) is 0 Å². The lowest BCUT2D eigenvalue weighted by atomic mass is 9.68. The lowest BCUT2D eigenvalue weighted by Crippen LogP contribution is -2.30. The zero-order valence-electron chi connectivity index (χ0n) is 27.5. The molecule has 0 amide bonds. The second kappa shape index (κ2) is 15.7. The van der Waals surface area contributed by atoms with Crippen molar-refractivity contribution in [3.63, 3.8) is 0 Å². The minimum absolute atomic E-state index is 0.0347. The molecule has 41 heavy (non-hydrogen) atoms. The highest BCUT2D eigenvalue weighted by atomic mass is 16.1. The van der Waals surface area contributed by atoms with Crippen LogP contribution in [0.1, 0.15) is 94.9 Å². The molecule has 0 fully saturated rings. The van der Waals surface area contributed by atoms with Gasteiger partial charge in [0.1, 0.15) is 0 Å². The summed E-state index contributed by atoms with van der Waals surface area (Å²) < 4.78 is 0. The van der Waals surface area contributed by atoms with Gasteiger partial charge in [-0.15, -0.1) is 0 Å². The standard InChI is InChI=1S/C40H54O/c1-30(18-13-20-32(3)23-25-37-34(5)22-15-27-39(37,7)8)16-11-12-17-31(2)19-14-21-33(4)24-26-38-35(6)28-36(41)29-40(38,9)10/h11-14,16-21,23-26,28,38H,15,22,27,29H2,1-10H3. The van der Waals surface area contributed by atoms with E-state index in [1.165, 1.54) is 52.7 Å². The maximum atomic E-state index is 11.9. The van der Waals surface area contributed by atoms with Crippen LogP contribution in [0, 0.1) is 16.7 Å². The first kappa shape index (κ1) is 34.0. The molecule has 1 atom stereocenters. The van der Waals surface area contributed by atoms with Gasteiger partial charge >= 0.3 is 0 Å². The van der Waals surface area contributed by atoms with Crippen molar-refractivity contribution in [3.8, 4) is 0 Å². The molecule has 0 spiro atoms. The van der Waals surface area contributed by atoms with E-state index in [2.05, 4.69) is 154 Å². The van der Waals surface area contributed by atoms with E-state index in [1.54, 1.807) is 0 Å². The van der Waals surface area contributed by atoms with E-state index < -0.39 is 0 Å². The van der Waals surface area contributed by atoms with Gasteiger partial charge in [-0.05, 0) is 83.3 Å². The van der Waals surface area contributed by atoms with Crippen LogP contribution in [0.25, 0.3) is 0 Å². The van der Waals surface area contributed by atoms with Gasteiger partial charge in [0.25, 0.3) is 0 Å². The van der Waals surface area contributed by atoms with Crippen LogP contribution in [-0.2, 0) is 4.79 Å². The molecule has 0 aromatic carbocycles. The molecule has 0 saturated heterocycles. The fourth-order valence-corrected chi connectivity index (χ4v) is 5.80. The number of hydrogen-bond acceptors (Lipinski definition) is 1. The molecule has 1 nitrogen and oxygen atoms in total. The second-order valence-corrected chi connectivity index (χ2v) is 13.4. The highest BCUT2D eigenvalue weighted by Crippen LogP contribution is 2.41. The average molecular weight is 551 g/mol. The molecule has 0 N–H and O–H groups in total. The van der Waals surface area contributed by atoms with Crippen LogP contribution in [0.15, 0.2) is 130 Å². The van der Waals surface area contributed by atoms with E-state index in [1.807, 2.05) is 6.08 Å². The molecule has 2 rings (SSSR count). The Hall–Kier alpha value is -3.19. The fraction of sp³-hybridized carbons (Fsp3) is 0.425. The molecule has 0 aliphatic heterocycles. The minimum atomic E-state index is -0.0347. The molecule has 1 unspecified atom stereocenters. The van der Waals surface area contributed by atoms with E-state index >= 15 is 0 Å². The molecule has 2 aliphatic rings. The maximum absolute atomic E-state index is 11.9. The summed E-state index contributed by atoms with van der Waals surface area (Å²) in [6, 6.07) is 0. The minimum Gasteiger partial charge on any atom is -0.295 e. The molecule has 0 heterocycles. The summed E-state index contributed by atoms with van der Waals surface area (Å²) in [5.74, 6) is 0.535. The van der Waals surface area contributed by atoms with Gasteiger partial charge < -0.3 is 0 Å². The molecule has 0 aromatic rings. The predicted molar refractivity (Wildman–Crippen MR) is 182 cm³/mol. The Bertz CT molecular complexity index is 1280. The first-order valence-electron chi connectivity index (χ1n) is 15.2. The molecule has 2 aliphatic carbocycles. The predicted octanol–water partition coefficient (Wildman–Crippen LogP) is 11.6. The molecule has 220 valence electrons. The normalized spacial score (nSPS) is 23.3. The van der Waals surface area contributed by atoms with Gasteiger partial charge in [0, 0.05) is 12.3 Å². The highest BCUT2D eigenvalue weighted by molar-refractivity contribution is 5.92. The van der Waals surface area contributed by atoms with Crippen LogP contribution in [0.4, 0.5) is 0 Å². The van der Waals surface area contributed by atoms with Crippen molar-refractivity contribution in [2.45, 2.75) is 94.9 Å². The molecule has 0 aromatic heterocycles. The Morgan fingerprint density at radius 1 is 0.756 bits per heavy atom. The molecular weight excluding hydrogens is 496 g/mol. The number of carbonyl (C=O) groups is 1. The summed E-state index contributed by atoms with van der Waals surface area (Å²) >= 11 is 0. The summed E-state index contributed by atoms with van der Waals surface area (Å²) in [4.78, 5) is 11.9. The SMILES string of the molecule is CC(C=CC=C(C)C=CC1=C(C)CCCC1(C)C)=CC=CC=C(C)C=CC=C(C)C=CC1C(C)=CC(=O)CC1(C)C. The van der Waals surface area contributed by atoms with Crippen molar-refractivity contribution >= 4 is 5.78 Å². The maximum Gasteiger partial charge on any atom is 0.156 e. The zero-order chi connectivity index (χ0) is 30.6. The van der Waals surface area contributed by atoms with Crippen molar-refractivity contribution in [1.29, 1.82) is 0 Å². The number of allylic oxidation sites excluding steroid dienone is 22. The van der Waals surface area contributed by atoms with E-state index in [4.69, 9.17) is 0 Å². The third kappa shape index (κ3) is 11.7. The lowest BCUT2D eigenvalue weighted by Gasteiger charge is -2.35.